The Kier molecular flexibility index (Phi) is 7.42. The summed E-state index contributed by atoms with van der Waals surface area (Å²) in [5, 5.41) is 2.68. The molecule has 1 N–H and O–H groups in total. The van der Waals surface area contributed by atoms with E-state index in [-0.39, 0.29) is 28.7 Å². The van der Waals surface area contributed by atoms with Crippen molar-refractivity contribution in [2.45, 2.75) is 11.3 Å². The van der Waals surface area contributed by atoms with Gasteiger partial charge in [0.1, 0.15) is 23.9 Å². The highest BCUT2D eigenvalue weighted by atomic mass is 32.2. The molecule has 9 heteroatoms. The summed E-state index contributed by atoms with van der Waals surface area (Å²) in [5.74, 6) is -1.21. The Morgan fingerprint density at radius 3 is 2.16 bits per heavy atom. The van der Waals surface area contributed by atoms with Crippen molar-refractivity contribution in [2.24, 2.45) is 0 Å². The molecule has 0 bridgehead atoms. The normalized spacial score (nSPS) is 11.1. The van der Waals surface area contributed by atoms with Gasteiger partial charge in [-0.3, -0.25) is 9.10 Å². The maximum Gasteiger partial charge on any atom is 0.264 e. The van der Waals surface area contributed by atoms with E-state index in [1.807, 2.05) is 0 Å². The second kappa shape index (κ2) is 10.2. The topological polar surface area (TPSA) is 75.7 Å². The third-order valence-corrected chi connectivity index (χ3v) is 6.47. The molecular formula is C23H22F2N2O4S. The molecule has 1 amide bonds. The summed E-state index contributed by atoms with van der Waals surface area (Å²) >= 11 is 0. The van der Waals surface area contributed by atoms with Crippen LogP contribution < -0.4 is 14.4 Å². The van der Waals surface area contributed by atoms with Crippen LogP contribution >= 0.6 is 0 Å². The van der Waals surface area contributed by atoms with Gasteiger partial charge in [-0.05, 0) is 60.5 Å². The Morgan fingerprint density at radius 1 is 0.938 bits per heavy atom. The van der Waals surface area contributed by atoms with Crippen molar-refractivity contribution in [1.29, 1.82) is 0 Å². The van der Waals surface area contributed by atoms with E-state index in [0.717, 1.165) is 34.1 Å². The molecule has 3 aromatic carbocycles. The van der Waals surface area contributed by atoms with E-state index in [1.54, 1.807) is 30.3 Å². The number of benzene rings is 3. The van der Waals surface area contributed by atoms with Gasteiger partial charge in [-0.1, -0.05) is 24.3 Å². The minimum Gasteiger partial charge on any atom is -0.495 e. The van der Waals surface area contributed by atoms with Crippen LogP contribution in [0.3, 0.4) is 0 Å². The molecule has 32 heavy (non-hydrogen) atoms. The van der Waals surface area contributed by atoms with Crippen molar-refractivity contribution >= 4 is 21.6 Å². The number of carbonyl (C=O) groups is 1. The Labute approximate surface area is 185 Å². The van der Waals surface area contributed by atoms with Crippen LogP contribution in [0.5, 0.6) is 5.75 Å². The van der Waals surface area contributed by atoms with Crippen molar-refractivity contribution in [3.63, 3.8) is 0 Å². The number of methoxy groups -OCH3 is 1. The second-order valence-electron chi connectivity index (χ2n) is 6.86. The van der Waals surface area contributed by atoms with E-state index in [2.05, 4.69) is 5.32 Å². The molecule has 0 aromatic heterocycles. The van der Waals surface area contributed by atoms with Gasteiger partial charge >= 0.3 is 0 Å². The van der Waals surface area contributed by atoms with Crippen LogP contribution in [0.2, 0.25) is 0 Å². The molecule has 3 rings (SSSR count). The van der Waals surface area contributed by atoms with Crippen molar-refractivity contribution < 1.29 is 26.7 Å². The van der Waals surface area contributed by atoms with Crippen molar-refractivity contribution in [1.82, 2.24) is 5.32 Å². The first-order chi connectivity index (χ1) is 15.3. The van der Waals surface area contributed by atoms with Crippen molar-refractivity contribution in [3.05, 3.63) is 90.0 Å². The molecular weight excluding hydrogens is 438 g/mol. The third kappa shape index (κ3) is 5.61. The molecule has 0 radical (unpaired) electrons. The van der Waals surface area contributed by atoms with E-state index in [4.69, 9.17) is 4.74 Å². The fourth-order valence-electron chi connectivity index (χ4n) is 3.05. The maximum absolute atomic E-state index is 13.3. The quantitative estimate of drug-likeness (QED) is 0.530. The van der Waals surface area contributed by atoms with Gasteiger partial charge in [-0.2, -0.15) is 0 Å². The zero-order chi connectivity index (χ0) is 23.1. The highest BCUT2D eigenvalue weighted by Crippen LogP contribution is 2.32. The molecule has 0 aliphatic heterocycles. The Balaban J connectivity index is 1.81. The molecule has 0 heterocycles. The number of amides is 1. The average molecular weight is 461 g/mol. The minimum atomic E-state index is -4.20. The number of hydrogen-bond acceptors (Lipinski definition) is 4. The van der Waals surface area contributed by atoms with E-state index >= 15 is 0 Å². The van der Waals surface area contributed by atoms with E-state index in [9.17, 15) is 22.0 Å². The van der Waals surface area contributed by atoms with E-state index < -0.39 is 28.3 Å². The predicted octanol–water partition coefficient (Wildman–Crippen LogP) is 3.53. The molecule has 0 saturated carbocycles. The van der Waals surface area contributed by atoms with Gasteiger partial charge < -0.3 is 10.1 Å². The van der Waals surface area contributed by atoms with Gasteiger partial charge in [-0.25, -0.2) is 17.2 Å². The Hall–Kier alpha value is -3.46. The third-order valence-electron chi connectivity index (χ3n) is 4.69. The smallest absolute Gasteiger partial charge is 0.264 e. The SMILES string of the molecule is COc1ccccc1N(CC(=O)NCCc1ccc(F)cc1)S(=O)(=O)c1ccc(F)cc1. The highest BCUT2D eigenvalue weighted by molar-refractivity contribution is 7.92. The number of rotatable bonds is 9. The molecule has 0 spiro atoms. The van der Waals surface area contributed by atoms with Crippen LogP contribution in [-0.4, -0.2) is 34.5 Å². The highest BCUT2D eigenvalue weighted by Gasteiger charge is 2.29. The first kappa shape index (κ1) is 23.2. The number of hydrogen-bond donors (Lipinski definition) is 1. The molecule has 3 aromatic rings. The summed E-state index contributed by atoms with van der Waals surface area (Å²) in [7, 11) is -2.80. The molecule has 0 aliphatic carbocycles. The zero-order valence-corrected chi connectivity index (χ0v) is 18.1. The van der Waals surface area contributed by atoms with E-state index in [0.29, 0.717) is 6.42 Å². The summed E-state index contributed by atoms with van der Waals surface area (Å²) in [4.78, 5) is 12.5. The van der Waals surface area contributed by atoms with Gasteiger partial charge in [0.15, 0.2) is 0 Å². The fourth-order valence-corrected chi connectivity index (χ4v) is 4.48. The molecule has 0 atom stereocenters. The average Bonchev–Trinajstić information content (AvgIpc) is 2.79. The van der Waals surface area contributed by atoms with Crippen LogP contribution in [0, 0.1) is 11.6 Å². The maximum atomic E-state index is 13.3. The number of nitrogens with one attached hydrogen (secondary N) is 1. The molecule has 0 unspecified atom stereocenters. The van der Waals surface area contributed by atoms with Gasteiger partial charge in [0.05, 0.1) is 17.7 Å². The number of ether oxygens (including phenoxy) is 1. The van der Waals surface area contributed by atoms with Crippen molar-refractivity contribution in [3.8, 4) is 5.75 Å². The minimum absolute atomic E-state index is 0.163. The Bertz CT molecular complexity index is 1170. The van der Waals surface area contributed by atoms with Crippen LogP contribution in [-0.2, 0) is 21.2 Å². The molecule has 0 fully saturated rings. The standard InChI is InChI=1S/C23H22F2N2O4S/c1-31-22-5-3-2-4-21(22)27(32(29,30)20-12-10-19(25)11-13-20)16-23(28)26-15-14-17-6-8-18(24)9-7-17/h2-13H,14-16H2,1H3,(H,26,28). The number of sulfonamides is 1. The largest absolute Gasteiger partial charge is 0.495 e. The number of halogens is 2. The first-order valence-electron chi connectivity index (χ1n) is 9.74. The van der Waals surface area contributed by atoms with Gasteiger partial charge in [0, 0.05) is 6.54 Å². The van der Waals surface area contributed by atoms with Gasteiger partial charge in [-0.15, -0.1) is 0 Å². The summed E-state index contributed by atoms with van der Waals surface area (Å²) in [6.45, 7) is -0.273. The summed E-state index contributed by atoms with van der Waals surface area (Å²) < 4.78 is 59.1. The summed E-state index contributed by atoms with van der Waals surface area (Å²) in [6, 6.07) is 16.6. The summed E-state index contributed by atoms with van der Waals surface area (Å²) in [5.41, 5.74) is 1.00. The monoisotopic (exact) mass is 460 g/mol. The van der Waals surface area contributed by atoms with Gasteiger partial charge in [0.25, 0.3) is 10.0 Å². The number of carbonyl (C=O) groups excluding carboxylic acids is 1. The first-order valence-corrected chi connectivity index (χ1v) is 11.2. The van der Waals surface area contributed by atoms with Crippen LogP contribution in [0.4, 0.5) is 14.5 Å². The van der Waals surface area contributed by atoms with Crippen LogP contribution in [0.25, 0.3) is 0 Å². The number of anilines is 1. The molecule has 0 aliphatic rings. The molecule has 168 valence electrons. The van der Waals surface area contributed by atoms with Crippen LogP contribution in [0.1, 0.15) is 5.56 Å². The summed E-state index contributed by atoms with van der Waals surface area (Å²) in [6.07, 6.45) is 0.450. The second-order valence-corrected chi connectivity index (χ2v) is 8.73. The molecule has 6 nitrogen and oxygen atoms in total. The number of para-hydroxylation sites is 2. The lowest BCUT2D eigenvalue weighted by molar-refractivity contribution is -0.119. The zero-order valence-electron chi connectivity index (χ0n) is 17.3. The fraction of sp³-hybridized carbons (Fsp3) is 0.174. The van der Waals surface area contributed by atoms with Crippen molar-refractivity contribution in [2.75, 3.05) is 24.5 Å². The van der Waals surface area contributed by atoms with E-state index in [1.165, 1.54) is 25.3 Å². The molecule has 0 saturated heterocycles. The Morgan fingerprint density at radius 2 is 1.53 bits per heavy atom. The lowest BCUT2D eigenvalue weighted by atomic mass is 10.1. The van der Waals surface area contributed by atoms with Crippen LogP contribution in [0.15, 0.2) is 77.7 Å². The van der Waals surface area contributed by atoms with Gasteiger partial charge in [0.2, 0.25) is 5.91 Å². The number of nitrogens with zero attached hydrogens (tertiary/aromatic N) is 1. The lowest BCUT2D eigenvalue weighted by Gasteiger charge is -2.25. The lowest BCUT2D eigenvalue weighted by Crippen LogP contribution is -2.41. The predicted molar refractivity (Wildman–Crippen MR) is 117 cm³/mol.